The molecule has 7 nitrogen and oxygen atoms in total. The number of hydrogen-bond donors (Lipinski definition) is 1. The van der Waals surface area contributed by atoms with Crippen LogP contribution in [0, 0.1) is 5.92 Å². The second kappa shape index (κ2) is 8.03. The highest BCUT2D eigenvalue weighted by atomic mass is 32.1. The highest BCUT2D eigenvalue weighted by molar-refractivity contribution is 7.17. The van der Waals surface area contributed by atoms with Crippen molar-refractivity contribution in [3.05, 3.63) is 27.6 Å². The Bertz CT molecular complexity index is 1050. The zero-order valence-electron chi connectivity index (χ0n) is 16.5. The average Bonchev–Trinajstić information content (AvgIpc) is 3.31. The van der Waals surface area contributed by atoms with Crippen LogP contribution in [0.4, 0.5) is 0 Å². The van der Waals surface area contributed by atoms with Crippen LogP contribution in [0.2, 0.25) is 0 Å². The number of rotatable bonds is 6. The number of hydrogen-bond acceptors (Lipinski definition) is 5. The number of thiophene rings is 1. The number of nitrogens with one attached hydrogen (secondary N) is 1. The van der Waals surface area contributed by atoms with Gasteiger partial charge in [-0.25, -0.2) is 0 Å². The third-order valence-electron chi connectivity index (χ3n) is 5.86. The van der Waals surface area contributed by atoms with Crippen molar-refractivity contribution in [1.29, 1.82) is 0 Å². The van der Waals surface area contributed by atoms with E-state index in [9.17, 15) is 9.59 Å². The van der Waals surface area contributed by atoms with Gasteiger partial charge in [0.1, 0.15) is 10.5 Å². The molecule has 3 heterocycles. The summed E-state index contributed by atoms with van der Waals surface area (Å²) < 4.78 is 4.35. The number of carbonyl (C=O) groups is 1. The molecule has 8 heteroatoms. The Morgan fingerprint density at radius 1 is 1.32 bits per heavy atom. The van der Waals surface area contributed by atoms with E-state index in [0.29, 0.717) is 43.5 Å². The molecule has 0 aliphatic heterocycles. The molecule has 1 aliphatic carbocycles. The SMILES string of the molecule is CCn1c(=O)c2sccc2n2c(CCCC(=O)N[C@@H]3CCCC[C@H]3C)nnc12. The van der Waals surface area contributed by atoms with Gasteiger partial charge in [-0.15, -0.1) is 21.5 Å². The lowest BCUT2D eigenvalue weighted by Crippen LogP contribution is -2.40. The number of amides is 1. The molecule has 150 valence electrons. The fourth-order valence-electron chi connectivity index (χ4n) is 4.24. The van der Waals surface area contributed by atoms with Crippen LogP contribution in [0.1, 0.15) is 58.2 Å². The van der Waals surface area contributed by atoms with E-state index in [1.807, 2.05) is 22.8 Å². The van der Waals surface area contributed by atoms with Gasteiger partial charge in [0.25, 0.3) is 5.56 Å². The summed E-state index contributed by atoms with van der Waals surface area (Å²) in [4.78, 5) is 25.0. The Hall–Kier alpha value is -2.22. The van der Waals surface area contributed by atoms with Crippen LogP contribution in [0.3, 0.4) is 0 Å². The first-order valence-corrected chi connectivity index (χ1v) is 11.1. The molecule has 0 radical (unpaired) electrons. The third-order valence-corrected chi connectivity index (χ3v) is 6.75. The van der Waals surface area contributed by atoms with Crippen molar-refractivity contribution >= 4 is 33.2 Å². The van der Waals surface area contributed by atoms with Gasteiger partial charge in [-0.3, -0.25) is 18.6 Å². The van der Waals surface area contributed by atoms with E-state index in [-0.39, 0.29) is 11.5 Å². The van der Waals surface area contributed by atoms with Crippen LogP contribution in [0.5, 0.6) is 0 Å². The Kier molecular flexibility index (Phi) is 5.48. The third kappa shape index (κ3) is 3.45. The van der Waals surface area contributed by atoms with E-state index in [1.54, 1.807) is 4.57 Å². The highest BCUT2D eigenvalue weighted by Gasteiger charge is 2.23. The molecule has 1 amide bonds. The minimum Gasteiger partial charge on any atom is -0.353 e. The van der Waals surface area contributed by atoms with Crippen molar-refractivity contribution in [2.75, 3.05) is 0 Å². The Morgan fingerprint density at radius 3 is 2.93 bits per heavy atom. The van der Waals surface area contributed by atoms with E-state index < -0.39 is 0 Å². The molecule has 1 N–H and O–H groups in total. The number of aromatic nitrogens is 4. The van der Waals surface area contributed by atoms with Gasteiger partial charge in [-0.2, -0.15) is 0 Å². The lowest BCUT2D eigenvalue weighted by molar-refractivity contribution is -0.122. The summed E-state index contributed by atoms with van der Waals surface area (Å²) in [5, 5.41) is 13.7. The zero-order chi connectivity index (χ0) is 19.7. The van der Waals surface area contributed by atoms with Crippen LogP contribution in [-0.2, 0) is 17.8 Å². The molecule has 1 aliphatic rings. The minimum atomic E-state index is -0.0140. The van der Waals surface area contributed by atoms with Gasteiger partial charge in [0.15, 0.2) is 0 Å². The standard InChI is InChI=1S/C20H27N5O2S/c1-3-24-19(27)18-15(11-12-28-18)25-16(22-23-20(24)25)9-6-10-17(26)21-14-8-5-4-7-13(14)2/h11-14H,3-10H2,1-2H3,(H,21,26)/t13-,14-/m1/s1. The molecule has 28 heavy (non-hydrogen) atoms. The fraction of sp³-hybridized carbons (Fsp3) is 0.600. The van der Waals surface area contributed by atoms with Crippen LogP contribution in [-0.4, -0.2) is 31.1 Å². The van der Waals surface area contributed by atoms with Crippen LogP contribution in [0.15, 0.2) is 16.2 Å². The first-order chi connectivity index (χ1) is 13.6. The topological polar surface area (TPSA) is 81.3 Å². The molecule has 4 rings (SSSR count). The maximum absolute atomic E-state index is 12.6. The van der Waals surface area contributed by atoms with Gasteiger partial charge in [0.2, 0.25) is 11.7 Å². The van der Waals surface area contributed by atoms with E-state index in [0.717, 1.165) is 22.5 Å². The van der Waals surface area contributed by atoms with Crippen molar-refractivity contribution in [1.82, 2.24) is 24.5 Å². The lowest BCUT2D eigenvalue weighted by Gasteiger charge is -2.29. The summed E-state index contributed by atoms with van der Waals surface area (Å²) >= 11 is 1.44. The van der Waals surface area contributed by atoms with E-state index in [4.69, 9.17) is 0 Å². The summed E-state index contributed by atoms with van der Waals surface area (Å²) in [6.45, 7) is 4.72. The highest BCUT2D eigenvalue weighted by Crippen LogP contribution is 2.24. The molecule has 3 aromatic rings. The molecule has 0 bridgehead atoms. The molecule has 0 unspecified atom stereocenters. The van der Waals surface area contributed by atoms with E-state index in [1.165, 1.54) is 30.6 Å². The lowest BCUT2D eigenvalue weighted by atomic mass is 9.86. The zero-order valence-corrected chi connectivity index (χ0v) is 17.3. The first kappa shape index (κ1) is 19.1. The predicted molar refractivity (Wildman–Crippen MR) is 111 cm³/mol. The maximum Gasteiger partial charge on any atom is 0.272 e. The quantitative estimate of drug-likeness (QED) is 0.688. The molecule has 0 saturated heterocycles. The Labute approximate surface area is 167 Å². The Balaban J connectivity index is 1.48. The van der Waals surface area contributed by atoms with Crippen molar-refractivity contribution in [3.63, 3.8) is 0 Å². The summed E-state index contributed by atoms with van der Waals surface area (Å²) in [6.07, 6.45) is 6.62. The largest absolute Gasteiger partial charge is 0.353 e. The molecule has 2 atom stereocenters. The second-order valence-corrected chi connectivity index (χ2v) is 8.64. The molecule has 3 aromatic heterocycles. The molecule has 0 aromatic carbocycles. The second-order valence-electron chi connectivity index (χ2n) is 7.73. The van der Waals surface area contributed by atoms with Gasteiger partial charge >= 0.3 is 0 Å². The predicted octanol–water partition coefficient (Wildman–Crippen LogP) is 3.14. The van der Waals surface area contributed by atoms with Crippen LogP contribution < -0.4 is 10.9 Å². The fourth-order valence-corrected chi connectivity index (χ4v) is 5.07. The Morgan fingerprint density at radius 2 is 2.14 bits per heavy atom. The van der Waals surface area contributed by atoms with Gasteiger partial charge < -0.3 is 5.32 Å². The van der Waals surface area contributed by atoms with E-state index in [2.05, 4.69) is 22.4 Å². The number of fused-ring (bicyclic) bond motifs is 3. The normalized spacial score (nSPS) is 20.1. The summed E-state index contributed by atoms with van der Waals surface area (Å²) in [6, 6.07) is 2.26. The van der Waals surface area contributed by atoms with Gasteiger partial charge in [0.05, 0.1) is 5.52 Å². The van der Waals surface area contributed by atoms with Crippen molar-refractivity contribution in [2.24, 2.45) is 5.92 Å². The van der Waals surface area contributed by atoms with Gasteiger partial charge in [-0.05, 0) is 43.6 Å². The van der Waals surface area contributed by atoms with E-state index >= 15 is 0 Å². The minimum absolute atomic E-state index is 0.0140. The molecule has 1 saturated carbocycles. The smallest absolute Gasteiger partial charge is 0.272 e. The van der Waals surface area contributed by atoms with Crippen molar-refractivity contribution in [3.8, 4) is 0 Å². The van der Waals surface area contributed by atoms with Gasteiger partial charge in [0, 0.05) is 25.4 Å². The van der Waals surface area contributed by atoms with Crippen molar-refractivity contribution in [2.45, 2.75) is 71.4 Å². The summed E-state index contributed by atoms with van der Waals surface area (Å²) in [5.41, 5.74) is 0.843. The van der Waals surface area contributed by atoms with Crippen molar-refractivity contribution < 1.29 is 4.79 Å². The molecule has 0 spiro atoms. The number of aryl methyl sites for hydroxylation is 2. The number of nitrogens with zero attached hydrogens (tertiary/aromatic N) is 4. The van der Waals surface area contributed by atoms with Crippen LogP contribution in [0.25, 0.3) is 16.0 Å². The summed E-state index contributed by atoms with van der Waals surface area (Å²) in [5.74, 6) is 2.07. The molecular weight excluding hydrogens is 374 g/mol. The number of carbonyl (C=O) groups excluding carboxylic acids is 1. The first-order valence-electron chi connectivity index (χ1n) is 10.2. The molecular formula is C20H27N5O2S. The monoisotopic (exact) mass is 401 g/mol. The van der Waals surface area contributed by atoms with Crippen LogP contribution >= 0.6 is 11.3 Å². The van der Waals surface area contributed by atoms with Gasteiger partial charge in [-0.1, -0.05) is 19.8 Å². The maximum atomic E-state index is 12.6. The summed E-state index contributed by atoms with van der Waals surface area (Å²) in [7, 11) is 0. The molecule has 1 fully saturated rings. The average molecular weight is 402 g/mol.